The van der Waals surface area contributed by atoms with E-state index < -0.39 is 0 Å². The van der Waals surface area contributed by atoms with E-state index in [-0.39, 0.29) is 0 Å². The van der Waals surface area contributed by atoms with Crippen LogP contribution in [0.15, 0.2) is 73.1 Å². The summed E-state index contributed by atoms with van der Waals surface area (Å²) in [6.07, 6.45) is 6.14. The number of nitrogens with zero attached hydrogens (tertiary/aromatic N) is 4. The maximum absolute atomic E-state index is 5.89. The van der Waals surface area contributed by atoms with E-state index in [0.29, 0.717) is 6.04 Å². The molecule has 1 fully saturated rings. The molecule has 2 aromatic heterocycles. The van der Waals surface area contributed by atoms with Crippen molar-refractivity contribution < 1.29 is 4.74 Å². The van der Waals surface area contributed by atoms with Crippen LogP contribution in [0.2, 0.25) is 0 Å². The van der Waals surface area contributed by atoms with Gasteiger partial charge in [-0.05, 0) is 68.9 Å². The molecule has 0 unspecified atom stereocenters. The van der Waals surface area contributed by atoms with Crippen LogP contribution in [0.25, 0.3) is 22.2 Å². The molecule has 0 N–H and O–H groups in total. The first-order valence-electron chi connectivity index (χ1n) is 10.1. The summed E-state index contributed by atoms with van der Waals surface area (Å²) in [5, 5.41) is 5.74. The molecule has 29 heavy (non-hydrogen) atoms. The van der Waals surface area contributed by atoms with Crippen molar-refractivity contribution in [2.75, 3.05) is 20.1 Å². The predicted octanol–water partition coefficient (Wildman–Crippen LogP) is 5.16. The smallest absolute Gasteiger partial charge is 0.158 e. The highest BCUT2D eigenvalue weighted by Crippen LogP contribution is 2.29. The van der Waals surface area contributed by atoms with E-state index in [4.69, 9.17) is 9.72 Å². The van der Waals surface area contributed by atoms with Crippen molar-refractivity contribution in [2.24, 2.45) is 0 Å². The lowest BCUT2D eigenvalue weighted by Crippen LogP contribution is -2.31. The van der Waals surface area contributed by atoms with Crippen LogP contribution in [0.4, 0.5) is 0 Å². The van der Waals surface area contributed by atoms with Crippen molar-refractivity contribution in [3.63, 3.8) is 0 Å². The van der Waals surface area contributed by atoms with E-state index in [9.17, 15) is 0 Å². The van der Waals surface area contributed by atoms with Gasteiger partial charge in [-0.25, -0.2) is 9.67 Å². The first-order chi connectivity index (χ1) is 14.3. The summed E-state index contributed by atoms with van der Waals surface area (Å²) >= 11 is 0. The number of benzene rings is 2. The maximum atomic E-state index is 5.89. The van der Waals surface area contributed by atoms with Crippen molar-refractivity contribution in [3.8, 4) is 22.6 Å². The van der Waals surface area contributed by atoms with Crippen LogP contribution in [0, 0.1) is 0 Å². The zero-order valence-corrected chi connectivity index (χ0v) is 16.5. The second-order valence-corrected chi connectivity index (χ2v) is 7.70. The van der Waals surface area contributed by atoms with Crippen molar-refractivity contribution in [3.05, 3.63) is 73.1 Å². The van der Waals surface area contributed by atoms with Crippen LogP contribution < -0.4 is 4.74 Å². The molecule has 0 amide bonds. The number of hydrogen-bond donors (Lipinski definition) is 0. The highest BCUT2D eigenvalue weighted by atomic mass is 16.5. The van der Waals surface area contributed by atoms with E-state index in [1.807, 2.05) is 54.9 Å². The molecule has 0 aliphatic carbocycles. The molecule has 2 aromatic carbocycles. The highest BCUT2D eigenvalue weighted by molar-refractivity contribution is 5.81. The minimum atomic E-state index is 0.441. The van der Waals surface area contributed by atoms with E-state index in [1.54, 1.807) is 0 Å². The molecule has 0 radical (unpaired) electrons. The third-order valence-electron chi connectivity index (χ3n) is 5.63. The maximum Gasteiger partial charge on any atom is 0.158 e. The fraction of sp³-hybridized carbons (Fsp3) is 0.250. The lowest BCUT2D eigenvalue weighted by Gasteiger charge is -2.29. The fourth-order valence-electron chi connectivity index (χ4n) is 3.94. The van der Waals surface area contributed by atoms with Gasteiger partial charge in [0.2, 0.25) is 0 Å². The Balaban J connectivity index is 1.36. The monoisotopic (exact) mass is 384 g/mol. The molecule has 5 nitrogen and oxygen atoms in total. The van der Waals surface area contributed by atoms with E-state index in [1.165, 1.54) is 0 Å². The van der Waals surface area contributed by atoms with E-state index >= 15 is 0 Å². The SMILES string of the molecule is CN1CCC(n2ncc3cc(-c4ccc(Oc5ccccc5)cc4)cnc32)CC1. The van der Waals surface area contributed by atoms with Gasteiger partial charge in [-0.3, -0.25) is 0 Å². The molecular formula is C24H24N4O. The molecule has 146 valence electrons. The first-order valence-corrected chi connectivity index (χ1v) is 10.1. The summed E-state index contributed by atoms with van der Waals surface area (Å²) in [6.45, 7) is 2.23. The Morgan fingerprint density at radius 2 is 1.59 bits per heavy atom. The molecular weight excluding hydrogens is 360 g/mol. The predicted molar refractivity (Wildman–Crippen MR) is 115 cm³/mol. The summed E-state index contributed by atoms with van der Waals surface area (Å²) in [7, 11) is 2.18. The zero-order chi connectivity index (χ0) is 19.6. The summed E-state index contributed by atoms with van der Waals surface area (Å²) in [5.74, 6) is 1.66. The number of aromatic nitrogens is 3. The number of para-hydroxylation sites is 1. The Labute approximate surface area is 170 Å². The summed E-state index contributed by atoms with van der Waals surface area (Å²) in [5.41, 5.74) is 3.19. The molecule has 0 saturated carbocycles. The second-order valence-electron chi connectivity index (χ2n) is 7.70. The van der Waals surface area contributed by atoms with Crippen LogP contribution in [-0.4, -0.2) is 39.8 Å². The molecule has 1 saturated heterocycles. The molecule has 5 heteroatoms. The standard InChI is InChI=1S/C24H24N4O/c1-27-13-11-21(12-14-27)28-24-20(17-26-28)15-19(16-25-24)18-7-9-23(10-8-18)29-22-5-3-2-4-6-22/h2-10,15-17,21H,11-14H2,1H3. The fourth-order valence-corrected chi connectivity index (χ4v) is 3.94. The number of pyridine rings is 1. The number of likely N-dealkylation sites (tertiary alicyclic amines) is 1. The van der Waals surface area contributed by atoms with Crippen molar-refractivity contribution in [1.29, 1.82) is 0 Å². The third kappa shape index (κ3) is 3.74. The van der Waals surface area contributed by atoms with E-state index in [0.717, 1.165) is 59.6 Å². The van der Waals surface area contributed by atoms with Gasteiger partial charge in [0.15, 0.2) is 5.65 Å². The topological polar surface area (TPSA) is 43.2 Å². The Kier molecular flexibility index (Phi) is 4.74. The summed E-state index contributed by atoms with van der Waals surface area (Å²) < 4.78 is 8.00. The molecule has 1 aliphatic rings. The van der Waals surface area contributed by atoms with Crippen LogP contribution in [-0.2, 0) is 0 Å². The molecule has 0 bridgehead atoms. The largest absolute Gasteiger partial charge is 0.457 e. The summed E-state index contributed by atoms with van der Waals surface area (Å²) in [4.78, 5) is 7.13. The van der Waals surface area contributed by atoms with Gasteiger partial charge in [-0.15, -0.1) is 0 Å². The van der Waals surface area contributed by atoms with Gasteiger partial charge >= 0.3 is 0 Å². The van der Waals surface area contributed by atoms with Crippen molar-refractivity contribution >= 4 is 11.0 Å². The quantitative estimate of drug-likeness (QED) is 0.488. The van der Waals surface area contributed by atoms with E-state index in [2.05, 4.69) is 39.9 Å². The van der Waals surface area contributed by atoms with Crippen LogP contribution in [0.5, 0.6) is 11.5 Å². The molecule has 1 aliphatic heterocycles. The summed E-state index contributed by atoms with van der Waals surface area (Å²) in [6, 6.07) is 20.6. The number of fused-ring (bicyclic) bond motifs is 1. The Bertz CT molecular complexity index is 1100. The zero-order valence-electron chi connectivity index (χ0n) is 16.5. The Hall–Kier alpha value is -3.18. The van der Waals surface area contributed by atoms with Gasteiger partial charge in [0.05, 0.1) is 12.2 Å². The number of ether oxygens (including phenoxy) is 1. The van der Waals surface area contributed by atoms with Gasteiger partial charge < -0.3 is 9.64 Å². The molecule has 0 spiro atoms. The average Bonchev–Trinajstić information content (AvgIpc) is 3.19. The minimum absolute atomic E-state index is 0.441. The van der Waals surface area contributed by atoms with Gasteiger partial charge in [-0.1, -0.05) is 30.3 Å². The lowest BCUT2D eigenvalue weighted by atomic mass is 10.1. The normalized spacial score (nSPS) is 15.6. The van der Waals surface area contributed by atoms with Crippen LogP contribution in [0.1, 0.15) is 18.9 Å². The van der Waals surface area contributed by atoms with Crippen molar-refractivity contribution in [2.45, 2.75) is 18.9 Å². The van der Waals surface area contributed by atoms with Crippen LogP contribution in [0.3, 0.4) is 0 Å². The minimum Gasteiger partial charge on any atom is -0.457 e. The Morgan fingerprint density at radius 3 is 2.34 bits per heavy atom. The highest BCUT2D eigenvalue weighted by Gasteiger charge is 2.21. The second kappa shape index (κ2) is 7.68. The van der Waals surface area contributed by atoms with Crippen LogP contribution >= 0.6 is 0 Å². The molecule has 5 rings (SSSR count). The molecule has 0 atom stereocenters. The lowest BCUT2D eigenvalue weighted by molar-refractivity contribution is 0.215. The van der Waals surface area contributed by atoms with Gasteiger partial charge in [-0.2, -0.15) is 5.10 Å². The average molecular weight is 384 g/mol. The molecule has 4 aromatic rings. The molecule has 3 heterocycles. The number of hydrogen-bond acceptors (Lipinski definition) is 4. The van der Waals surface area contributed by atoms with Gasteiger partial charge in [0, 0.05) is 17.1 Å². The van der Waals surface area contributed by atoms with Gasteiger partial charge in [0.25, 0.3) is 0 Å². The Morgan fingerprint density at radius 1 is 0.862 bits per heavy atom. The third-order valence-corrected chi connectivity index (χ3v) is 5.63. The number of piperidine rings is 1. The number of rotatable bonds is 4. The first kappa shape index (κ1) is 17.9. The van der Waals surface area contributed by atoms with Gasteiger partial charge in [0.1, 0.15) is 11.5 Å². The van der Waals surface area contributed by atoms with Crippen molar-refractivity contribution in [1.82, 2.24) is 19.7 Å².